The fraction of sp³-hybridized carbons (Fsp3) is 0.167. The second-order valence-electron chi connectivity index (χ2n) is 1.91. The minimum absolute atomic E-state index is 0.256. The van der Waals surface area contributed by atoms with Crippen molar-refractivity contribution in [3.8, 4) is 0 Å². The Labute approximate surface area is 63.4 Å². The molecule has 0 amide bonds. The van der Waals surface area contributed by atoms with E-state index in [-0.39, 0.29) is 5.89 Å². The highest BCUT2D eigenvalue weighted by Crippen LogP contribution is 2.04. The number of aromatic nitrogens is 2. The predicted octanol–water partition coefficient (Wildman–Crippen LogP) is 0.327. The summed E-state index contributed by atoms with van der Waals surface area (Å²) in [5.41, 5.74) is 5.74. The highest BCUT2D eigenvalue weighted by atomic mass is 16.4. The number of aryl methyl sites for hydroxylation is 1. The molecular weight excluding hydrogens is 144 g/mol. The lowest BCUT2D eigenvalue weighted by Gasteiger charge is -1.88. The summed E-state index contributed by atoms with van der Waals surface area (Å²) in [6.45, 7) is 1.67. The third-order valence-corrected chi connectivity index (χ3v) is 1.04. The van der Waals surface area contributed by atoms with Crippen molar-refractivity contribution in [1.29, 1.82) is 5.41 Å². The molecule has 1 aromatic rings. The zero-order chi connectivity index (χ0) is 8.27. The number of rotatable bonds is 2. The van der Waals surface area contributed by atoms with Crippen LogP contribution in [-0.4, -0.2) is 16.4 Å². The number of allylic oxidation sites excluding steroid dienone is 1. The standard InChI is InChI=1S/C6H8N4O/c1-4-9-10-6(11-4)5(8)2-3-7/h2-3,7H,8H2,1H3. The highest BCUT2D eigenvalue weighted by Gasteiger charge is 2.02. The molecule has 0 radical (unpaired) electrons. The molecule has 0 saturated carbocycles. The van der Waals surface area contributed by atoms with Crippen molar-refractivity contribution in [2.24, 2.45) is 5.73 Å². The van der Waals surface area contributed by atoms with Crippen LogP contribution in [0.4, 0.5) is 0 Å². The first-order valence-electron chi connectivity index (χ1n) is 3.00. The van der Waals surface area contributed by atoms with Crippen LogP contribution in [0, 0.1) is 12.3 Å². The van der Waals surface area contributed by atoms with Crippen molar-refractivity contribution in [1.82, 2.24) is 10.2 Å². The highest BCUT2D eigenvalue weighted by molar-refractivity contribution is 5.79. The van der Waals surface area contributed by atoms with Gasteiger partial charge in [-0.25, -0.2) is 0 Å². The van der Waals surface area contributed by atoms with Crippen LogP contribution in [0.1, 0.15) is 11.8 Å². The second kappa shape index (κ2) is 2.96. The number of hydrogen-bond acceptors (Lipinski definition) is 5. The molecule has 0 atom stereocenters. The molecule has 0 aromatic carbocycles. The summed E-state index contributed by atoms with van der Waals surface area (Å²) in [6.07, 6.45) is 2.45. The molecule has 0 spiro atoms. The van der Waals surface area contributed by atoms with Gasteiger partial charge in [0.25, 0.3) is 5.89 Å². The maximum atomic E-state index is 6.72. The molecule has 5 nitrogen and oxygen atoms in total. The molecule has 3 N–H and O–H groups in total. The zero-order valence-electron chi connectivity index (χ0n) is 6.03. The lowest BCUT2D eigenvalue weighted by atomic mass is 10.4. The number of hydrogen-bond donors (Lipinski definition) is 2. The minimum atomic E-state index is 0.256. The van der Waals surface area contributed by atoms with Crippen LogP contribution in [0.25, 0.3) is 5.70 Å². The summed E-state index contributed by atoms with van der Waals surface area (Å²) < 4.78 is 4.98. The molecule has 5 heteroatoms. The number of nitrogens with two attached hydrogens (primary N) is 1. The van der Waals surface area contributed by atoms with E-state index in [0.29, 0.717) is 11.6 Å². The van der Waals surface area contributed by atoms with Crippen LogP contribution in [0.2, 0.25) is 0 Å². The Morgan fingerprint density at radius 1 is 1.64 bits per heavy atom. The van der Waals surface area contributed by atoms with E-state index in [0.717, 1.165) is 6.21 Å². The van der Waals surface area contributed by atoms with E-state index >= 15 is 0 Å². The van der Waals surface area contributed by atoms with Gasteiger partial charge in [0.1, 0.15) is 0 Å². The quantitative estimate of drug-likeness (QED) is 0.597. The Hall–Kier alpha value is -1.65. The smallest absolute Gasteiger partial charge is 0.263 e. The van der Waals surface area contributed by atoms with Gasteiger partial charge in [-0.1, -0.05) is 0 Å². The first-order valence-corrected chi connectivity index (χ1v) is 3.00. The third kappa shape index (κ3) is 1.64. The van der Waals surface area contributed by atoms with Gasteiger partial charge in [-0.2, -0.15) is 0 Å². The first-order chi connectivity index (χ1) is 5.24. The van der Waals surface area contributed by atoms with Crippen molar-refractivity contribution in [3.63, 3.8) is 0 Å². The van der Waals surface area contributed by atoms with Crippen molar-refractivity contribution in [3.05, 3.63) is 17.9 Å². The van der Waals surface area contributed by atoms with Crippen LogP contribution in [-0.2, 0) is 0 Å². The SMILES string of the molecule is Cc1nnc(C(N)=CC=N)o1. The van der Waals surface area contributed by atoms with Gasteiger partial charge in [0.05, 0.1) is 5.70 Å². The Balaban J connectivity index is 2.93. The van der Waals surface area contributed by atoms with Crippen molar-refractivity contribution < 1.29 is 4.42 Å². The number of nitrogens with one attached hydrogen (secondary N) is 1. The van der Waals surface area contributed by atoms with Crippen molar-refractivity contribution >= 4 is 11.9 Å². The summed E-state index contributed by atoms with van der Waals surface area (Å²) in [6, 6.07) is 0. The molecule has 0 aliphatic carbocycles. The minimum Gasteiger partial charge on any atom is -0.420 e. The second-order valence-corrected chi connectivity index (χ2v) is 1.91. The van der Waals surface area contributed by atoms with Gasteiger partial charge in [-0.15, -0.1) is 10.2 Å². The van der Waals surface area contributed by atoms with Gasteiger partial charge in [-0.05, 0) is 6.08 Å². The normalized spacial score (nSPS) is 11.5. The van der Waals surface area contributed by atoms with E-state index in [1.54, 1.807) is 6.92 Å². The molecule has 58 valence electrons. The van der Waals surface area contributed by atoms with Gasteiger partial charge in [0.2, 0.25) is 5.89 Å². The fourth-order valence-electron chi connectivity index (χ4n) is 0.574. The van der Waals surface area contributed by atoms with E-state index in [4.69, 9.17) is 15.6 Å². The van der Waals surface area contributed by atoms with E-state index in [9.17, 15) is 0 Å². The molecule has 0 bridgehead atoms. The summed E-state index contributed by atoms with van der Waals surface area (Å²) in [4.78, 5) is 0. The molecule has 0 fully saturated rings. The van der Waals surface area contributed by atoms with Crippen LogP contribution < -0.4 is 5.73 Å². The van der Waals surface area contributed by atoms with E-state index in [1.165, 1.54) is 6.08 Å². The average Bonchev–Trinajstić information content (AvgIpc) is 2.36. The maximum Gasteiger partial charge on any atom is 0.263 e. The average molecular weight is 152 g/mol. The molecule has 0 unspecified atom stereocenters. The van der Waals surface area contributed by atoms with Gasteiger partial charge in [-0.3, -0.25) is 0 Å². The molecule has 1 heterocycles. The zero-order valence-corrected chi connectivity index (χ0v) is 6.03. The largest absolute Gasteiger partial charge is 0.420 e. The van der Waals surface area contributed by atoms with Gasteiger partial charge < -0.3 is 15.6 Å². The van der Waals surface area contributed by atoms with Gasteiger partial charge in [0, 0.05) is 13.1 Å². The Kier molecular flexibility index (Phi) is 2.00. The molecule has 1 rings (SSSR count). The first kappa shape index (κ1) is 7.46. The monoisotopic (exact) mass is 152 g/mol. The van der Waals surface area contributed by atoms with E-state index in [2.05, 4.69) is 10.2 Å². The molecular formula is C6H8N4O. The fourth-order valence-corrected chi connectivity index (χ4v) is 0.574. The topological polar surface area (TPSA) is 88.8 Å². The molecule has 0 aliphatic heterocycles. The summed E-state index contributed by atoms with van der Waals surface area (Å²) in [7, 11) is 0. The summed E-state index contributed by atoms with van der Waals surface area (Å²) in [5.74, 6) is 0.715. The van der Waals surface area contributed by atoms with Crippen LogP contribution in [0.15, 0.2) is 10.5 Å². The van der Waals surface area contributed by atoms with Gasteiger partial charge >= 0.3 is 0 Å². The lowest BCUT2D eigenvalue weighted by Crippen LogP contribution is -1.96. The van der Waals surface area contributed by atoms with Crippen molar-refractivity contribution in [2.45, 2.75) is 6.92 Å². The maximum absolute atomic E-state index is 6.72. The Morgan fingerprint density at radius 3 is 2.82 bits per heavy atom. The van der Waals surface area contributed by atoms with Crippen molar-refractivity contribution in [2.75, 3.05) is 0 Å². The van der Waals surface area contributed by atoms with E-state index < -0.39 is 0 Å². The summed E-state index contributed by atoms with van der Waals surface area (Å²) >= 11 is 0. The molecule has 1 aromatic heterocycles. The molecule has 0 saturated heterocycles. The molecule has 11 heavy (non-hydrogen) atoms. The third-order valence-electron chi connectivity index (χ3n) is 1.04. The van der Waals surface area contributed by atoms with Gasteiger partial charge in [0.15, 0.2) is 0 Å². The Morgan fingerprint density at radius 2 is 2.36 bits per heavy atom. The number of nitrogens with zero attached hydrogens (tertiary/aromatic N) is 2. The summed E-state index contributed by atoms with van der Waals surface area (Å²) in [5, 5.41) is 13.9. The van der Waals surface area contributed by atoms with E-state index in [1.807, 2.05) is 0 Å². The van der Waals surface area contributed by atoms with Crippen LogP contribution in [0.3, 0.4) is 0 Å². The molecule has 0 aliphatic rings. The van der Waals surface area contributed by atoms with Crippen LogP contribution >= 0.6 is 0 Å². The lowest BCUT2D eigenvalue weighted by molar-refractivity contribution is 0.505. The van der Waals surface area contributed by atoms with Crippen LogP contribution in [0.5, 0.6) is 0 Å². The Bertz CT molecular complexity index is 289. The predicted molar refractivity (Wildman–Crippen MR) is 40.0 cm³/mol.